The van der Waals surface area contributed by atoms with E-state index < -0.39 is 28.6 Å². The molecule has 0 spiro atoms. The molecule has 2 aliphatic carbocycles. The number of benzene rings is 2. The van der Waals surface area contributed by atoms with Crippen LogP contribution in [0.4, 0.5) is 0 Å². The van der Waals surface area contributed by atoms with Crippen LogP contribution in [0.5, 0.6) is 0 Å². The monoisotopic (exact) mass is 576 g/mol. The fraction of sp³-hybridized carbons (Fsp3) is 0.308. The standard InChI is InChI=1S/C15H11.C9H13.C2H6Ge.2ClH.Zr/c1-2-6-12(7-3-1)15-11-10-13-8-4-5-9-14(13)15;1-6-5-7(2)9(4)8(6)3;1-3-2;;;/h1-11H;6H,1-4H3;1-2H3;2*1H;/q;;;;;+2/p-2. The molecule has 0 heterocycles. The molecule has 0 aromatic heterocycles. The van der Waals surface area contributed by atoms with E-state index in [1.54, 1.807) is 22.3 Å². The van der Waals surface area contributed by atoms with E-state index in [2.05, 4.69) is 99.9 Å². The summed E-state index contributed by atoms with van der Waals surface area (Å²) in [5.41, 5.74) is 10.8. The molecule has 2 aromatic rings. The molecule has 0 aliphatic heterocycles. The molecule has 0 fully saturated rings. The summed E-state index contributed by atoms with van der Waals surface area (Å²) < 4.78 is 2.65. The van der Waals surface area contributed by atoms with Gasteiger partial charge in [-0.05, 0) is 0 Å². The first-order chi connectivity index (χ1) is 13.4. The molecule has 2 unspecified atom stereocenters. The van der Waals surface area contributed by atoms with Crippen molar-refractivity contribution in [1.82, 2.24) is 0 Å². The number of rotatable bonds is 3. The van der Waals surface area contributed by atoms with Gasteiger partial charge < -0.3 is 24.8 Å². The molecule has 4 rings (SSSR count). The van der Waals surface area contributed by atoms with Crippen molar-refractivity contribution in [3.05, 3.63) is 97.4 Å². The second-order valence-electron chi connectivity index (χ2n) is 8.49. The maximum Gasteiger partial charge on any atom is -1.00 e. The zero-order chi connectivity index (χ0) is 20.0. The Labute approximate surface area is 203 Å². The molecule has 0 radical (unpaired) electrons. The van der Waals surface area contributed by atoms with Crippen LogP contribution in [0.25, 0.3) is 5.57 Å². The van der Waals surface area contributed by atoms with Crippen molar-refractivity contribution in [3.8, 4) is 0 Å². The molecule has 0 saturated heterocycles. The van der Waals surface area contributed by atoms with Crippen LogP contribution in [0, 0.1) is 5.92 Å². The van der Waals surface area contributed by atoms with Gasteiger partial charge in [0.2, 0.25) is 0 Å². The topological polar surface area (TPSA) is 0 Å². The van der Waals surface area contributed by atoms with Gasteiger partial charge in [-0.1, -0.05) is 0 Å². The van der Waals surface area contributed by atoms with E-state index in [-0.39, 0.29) is 24.8 Å². The van der Waals surface area contributed by atoms with Gasteiger partial charge in [-0.2, -0.15) is 0 Å². The Morgan fingerprint density at radius 3 is 1.97 bits per heavy atom. The smallest absolute Gasteiger partial charge is 1.00 e. The maximum absolute atomic E-state index is 2.69. The largest absolute Gasteiger partial charge is 1.00 e. The van der Waals surface area contributed by atoms with Crippen LogP contribution >= 0.6 is 0 Å². The Morgan fingerprint density at radius 2 is 1.40 bits per heavy atom. The molecule has 0 saturated carbocycles. The molecule has 0 N–H and O–H groups in total. The van der Waals surface area contributed by atoms with E-state index in [1.807, 2.05) is 3.28 Å². The summed E-state index contributed by atoms with van der Waals surface area (Å²) in [4.78, 5) is 0. The summed E-state index contributed by atoms with van der Waals surface area (Å²) >= 11 is -1.81. The van der Waals surface area contributed by atoms with Crippen LogP contribution in [0.3, 0.4) is 0 Å². The number of fused-ring (bicyclic) bond motifs is 1. The molecule has 2 aliphatic rings. The summed E-state index contributed by atoms with van der Waals surface area (Å²) in [5, 5.41) is 0. The van der Waals surface area contributed by atoms with Gasteiger partial charge in [-0.3, -0.25) is 0 Å². The number of hydrogen-bond donors (Lipinski definition) is 0. The molecular weight excluding hydrogens is 547 g/mol. The Kier molecular flexibility index (Phi) is 9.09. The molecule has 30 heavy (non-hydrogen) atoms. The molecule has 0 amide bonds. The summed E-state index contributed by atoms with van der Waals surface area (Å²) in [6.45, 7) is 9.63. The molecule has 156 valence electrons. The molecule has 0 bridgehead atoms. The van der Waals surface area contributed by atoms with Crippen LogP contribution < -0.4 is 24.8 Å². The van der Waals surface area contributed by atoms with Crippen LogP contribution in [-0.2, 0) is 18.6 Å². The summed E-state index contributed by atoms with van der Waals surface area (Å²) in [5.74, 6) is 5.99. The first kappa shape index (κ1) is 25.9. The van der Waals surface area contributed by atoms with Gasteiger partial charge in [0.25, 0.3) is 0 Å². The van der Waals surface area contributed by atoms with Crippen molar-refractivity contribution in [2.24, 2.45) is 5.92 Å². The third kappa shape index (κ3) is 4.43. The average Bonchev–Trinajstić information content (AvgIpc) is 3.17. The minimum absolute atomic E-state index is 0. The van der Waals surface area contributed by atoms with Gasteiger partial charge in [0.1, 0.15) is 0 Å². The van der Waals surface area contributed by atoms with Crippen LogP contribution in [0.2, 0.25) is 11.5 Å². The van der Waals surface area contributed by atoms with E-state index in [0.717, 1.165) is 0 Å². The number of halogens is 2. The predicted octanol–water partition coefficient (Wildman–Crippen LogP) is 1.31. The van der Waals surface area contributed by atoms with Crippen LogP contribution in [0.1, 0.15) is 48.0 Å². The van der Waals surface area contributed by atoms with Gasteiger partial charge in [0.15, 0.2) is 0 Å². The minimum Gasteiger partial charge on any atom is -1.00 e. The minimum atomic E-state index is -1.81. The molecule has 0 nitrogen and oxygen atoms in total. The quantitative estimate of drug-likeness (QED) is 0.484. The summed E-state index contributed by atoms with van der Waals surface area (Å²) in [6, 6.07) is 20.3. The number of hydrogen-bond acceptors (Lipinski definition) is 0. The van der Waals surface area contributed by atoms with Gasteiger partial charge in [-0.25, -0.2) is 0 Å². The van der Waals surface area contributed by atoms with E-state index in [9.17, 15) is 0 Å². The molecule has 2 aromatic carbocycles. The van der Waals surface area contributed by atoms with Gasteiger partial charge in [0, 0.05) is 0 Å². The van der Waals surface area contributed by atoms with E-state index in [4.69, 9.17) is 0 Å². The Morgan fingerprint density at radius 1 is 0.800 bits per heavy atom. The van der Waals surface area contributed by atoms with Gasteiger partial charge in [-0.15, -0.1) is 0 Å². The summed E-state index contributed by atoms with van der Waals surface area (Å²) in [7, 11) is -1.04. The zero-order valence-corrected chi connectivity index (χ0v) is 24.8. The van der Waals surface area contributed by atoms with Crippen LogP contribution in [0.15, 0.2) is 80.7 Å². The van der Waals surface area contributed by atoms with Gasteiger partial charge in [0.05, 0.1) is 0 Å². The number of allylic oxidation sites excluding steroid dienone is 5. The predicted molar refractivity (Wildman–Crippen MR) is 120 cm³/mol. The fourth-order valence-corrected chi connectivity index (χ4v) is 36.4. The second-order valence-corrected chi connectivity index (χ2v) is 37.0. The SMILES string of the molecule is CC1=C(C)C(C)[C]([Zr+2]([CH]2C=C(c3ccccc3)c3ccccc32)=[Ge]([CH3])[CH3])=C1C.[Cl-].[Cl-]. The first-order valence-corrected chi connectivity index (χ1v) is 24.6. The summed E-state index contributed by atoms with van der Waals surface area (Å²) in [6.07, 6.45) is 2.69. The Hall–Kier alpha value is -0.334. The van der Waals surface area contributed by atoms with Crippen molar-refractivity contribution in [1.29, 1.82) is 0 Å². The van der Waals surface area contributed by atoms with E-state index in [0.29, 0.717) is 9.54 Å². The van der Waals surface area contributed by atoms with Crippen molar-refractivity contribution < 1.29 is 43.4 Å². The normalized spacial score (nSPS) is 19.4. The Balaban J connectivity index is 0.00000160. The van der Waals surface area contributed by atoms with Crippen molar-refractivity contribution in [3.63, 3.8) is 0 Å². The van der Waals surface area contributed by atoms with Crippen molar-refractivity contribution in [2.75, 3.05) is 0 Å². The molecular formula is C26H30Cl2GeZr. The van der Waals surface area contributed by atoms with Crippen LogP contribution in [-0.4, -0.2) is 9.98 Å². The van der Waals surface area contributed by atoms with Gasteiger partial charge >= 0.3 is 180 Å². The van der Waals surface area contributed by atoms with Crippen molar-refractivity contribution in [2.45, 2.75) is 42.8 Å². The van der Waals surface area contributed by atoms with E-state index >= 15 is 0 Å². The third-order valence-electron chi connectivity index (χ3n) is 6.78. The first-order valence-electron chi connectivity index (χ1n) is 10.3. The molecule has 4 heteroatoms. The maximum atomic E-state index is 2.69. The van der Waals surface area contributed by atoms with Crippen molar-refractivity contribution >= 4 is 15.5 Å². The second kappa shape index (κ2) is 10.5. The molecule has 2 atom stereocenters. The average molecular weight is 577 g/mol. The fourth-order valence-electron chi connectivity index (χ4n) is 5.01. The van der Waals surface area contributed by atoms with E-state index in [1.165, 1.54) is 16.7 Å². The zero-order valence-electron chi connectivity index (χ0n) is 18.7. The third-order valence-corrected chi connectivity index (χ3v) is 36.1. The Bertz CT molecular complexity index is 1070.